The van der Waals surface area contributed by atoms with Crippen LogP contribution in [-0.4, -0.2) is 60.4 Å². The Morgan fingerprint density at radius 2 is 1.45 bits per heavy atom. The lowest BCUT2D eigenvalue weighted by atomic mass is 10.1. The Hall–Kier alpha value is -1.80. The van der Waals surface area contributed by atoms with E-state index in [1.807, 2.05) is 0 Å². The average Bonchev–Trinajstić information content (AvgIpc) is 2.32. The smallest absolute Gasteiger partial charge is 0.321 e. The van der Waals surface area contributed by atoms with Crippen molar-refractivity contribution in [3.05, 3.63) is 0 Å². The predicted octanol–water partition coefficient (Wildman–Crippen LogP) is -0.478. The van der Waals surface area contributed by atoms with Crippen LogP contribution in [0.3, 0.4) is 0 Å². The van der Waals surface area contributed by atoms with Gasteiger partial charge in [0.2, 0.25) is 0 Å². The fourth-order valence-electron chi connectivity index (χ4n) is 1.04. The van der Waals surface area contributed by atoms with Crippen molar-refractivity contribution in [2.45, 2.75) is 39.3 Å². The standard InChI is InChI=1S/C6H11NO3.C5H9NO3.CH4/c1-4(8)3-5(7-2)6(9)10;1-6-4(2-3-7)5(8)9;/h5,7H,3H2,1-2H3,(H,9,10);3-4,6H,2H2,1H3,(H,8,9);1H4. The van der Waals surface area contributed by atoms with Gasteiger partial charge >= 0.3 is 11.9 Å². The van der Waals surface area contributed by atoms with Crippen LogP contribution in [0, 0.1) is 0 Å². The van der Waals surface area contributed by atoms with Crippen LogP contribution < -0.4 is 10.6 Å². The normalized spacial score (nSPS) is 11.9. The number of nitrogens with one attached hydrogen (secondary N) is 2. The summed E-state index contributed by atoms with van der Waals surface area (Å²) in [5.74, 6) is -2.11. The van der Waals surface area contributed by atoms with E-state index in [1.54, 1.807) is 0 Å². The molecule has 20 heavy (non-hydrogen) atoms. The highest BCUT2D eigenvalue weighted by Gasteiger charge is 2.15. The number of ketones is 1. The molecule has 0 amide bonds. The summed E-state index contributed by atoms with van der Waals surface area (Å²) < 4.78 is 0. The van der Waals surface area contributed by atoms with E-state index < -0.39 is 24.0 Å². The zero-order valence-electron chi connectivity index (χ0n) is 11.2. The molecule has 0 spiro atoms. The van der Waals surface area contributed by atoms with Gasteiger partial charge in [0, 0.05) is 12.8 Å². The van der Waals surface area contributed by atoms with Crippen molar-refractivity contribution >= 4 is 24.0 Å². The fraction of sp³-hybridized carbons (Fsp3) is 0.667. The molecular weight excluding hydrogens is 268 g/mol. The molecule has 0 radical (unpaired) electrons. The minimum absolute atomic E-state index is 0. The number of hydrogen-bond acceptors (Lipinski definition) is 6. The first-order valence-electron chi connectivity index (χ1n) is 5.53. The third kappa shape index (κ3) is 12.7. The van der Waals surface area contributed by atoms with Crippen molar-refractivity contribution < 1.29 is 29.4 Å². The van der Waals surface area contributed by atoms with Gasteiger partial charge in [0.15, 0.2) is 0 Å². The van der Waals surface area contributed by atoms with Crippen LogP contribution in [0.25, 0.3) is 0 Å². The minimum atomic E-state index is -0.996. The van der Waals surface area contributed by atoms with E-state index in [1.165, 1.54) is 21.0 Å². The number of aliphatic carboxylic acids is 2. The van der Waals surface area contributed by atoms with Gasteiger partial charge in [0.25, 0.3) is 0 Å². The van der Waals surface area contributed by atoms with Gasteiger partial charge in [-0.25, -0.2) is 0 Å². The molecule has 0 heterocycles. The second-order valence-corrected chi connectivity index (χ2v) is 3.67. The van der Waals surface area contributed by atoms with Crippen molar-refractivity contribution in [2.75, 3.05) is 14.1 Å². The van der Waals surface area contributed by atoms with Gasteiger partial charge < -0.3 is 25.6 Å². The summed E-state index contributed by atoms with van der Waals surface area (Å²) in [6.45, 7) is 1.37. The molecule has 0 aromatic heterocycles. The number of hydrogen-bond donors (Lipinski definition) is 4. The quantitative estimate of drug-likeness (QED) is 0.441. The van der Waals surface area contributed by atoms with Crippen LogP contribution in [0.5, 0.6) is 0 Å². The van der Waals surface area contributed by atoms with E-state index in [0.29, 0.717) is 6.29 Å². The topological polar surface area (TPSA) is 133 Å². The SMILES string of the molecule is C.CNC(CC(C)=O)C(=O)O.CNC(CC=O)C(=O)O. The van der Waals surface area contributed by atoms with Crippen LogP contribution >= 0.6 is 0 Å². The number of likely N-dealkylation sites (N-methyl/N-ethyl adjacent to an activating group) is 2. The molecule has 0 fully saturated rings. The third-order valence-electron chi connectivity index (χ3n) is 2.12. The van der Waals surface area contributed by atoms with Crippen molar-refractivity contribution in [2.24, 2.45) is 0 Å². The Bertz CT molecular complexity index is 319. The maximum Gasteiger partial charge on any atom is 0.321 e. The summed E-state index contributed by atoms with van der Waals surface area (Å²) in [5, 5.41) is 21.7. The molecule has 118 valence electrons. The summed E-state index contributed by atoms with van der Waals surface area (Å²) in [4.78, 5) is 40.5. The molecule has 2 unspecified atom stereocenters. The minimum Gasteiger partial charge on any atom is -0.480 e. The zero-order chi connectivity index (χ0) is 15.4. The van der Waals surface area contributed by atoms with E-state index in [-0.39, 0.29) is 26.1 Å². The molecule has 0 rings (SSSR count). The lowest BCUT2D eigenvalue weighted by molar-refractivity contribution is -0.141. The van der Waals surface area contributed by atoms with Gasteiger partial charge in [0.1, 0.15) is 24.2 Å². The summed E-state index contributed by atoms with van der Waals surface area (Å²) in [7, 11) is 3.02. The molecule has 0 aromatic carbocycles. The highest BCUT2D eigenvalue weighted by Crippen LogP contribution is 1.91. The Morgan fingerprint density at radius 1 is 1.05 bits per heavy atom. The predicted molar refractivity (Wildman–Crippen MR) is 73.7 cm³/mol. The lowest BCUT2D eigenvalue weighted by Gasteiger charge is -2.06. The summed E-state index contributed by atoms with van der Waals surface area (Å²) >= 11 is 0. The molecule has 4 N–H and O–H groups in total. The lowest BCUT2D eigenvalue weighted by Crippen LogP contribution is -2.35. The van der Waals surface area contributed by atoms with E-state index >= 15 is 0 Å². The van der Waals surface area contributed by atoms with Crippen molar-refractivity contribution in [1.29, 1.82) is 0 Å². The maximum atomic E-state index is 10.4. The van der Waals surface area contributed by atoms with Crippen molar-refractivity contribution in [1.82, 2.24) is 10.6 Å². The van der Waals surface area contributed by atoms with Crippen molar-refractivity contribution in [3.63, 3.8) is 0 Å². The molecule has 0 aliphatic carbocycles. The van der Waals surface area contributed by atoms with Crippen LogP contribution in [0.4, 0.5) is 0 Å². The maximum absolute atomic E-state index is 10.4. The number of Topliss-reactive ketones (excluding diaryl/α,β-unsaturated/α-hetero) is 1. The second-order valence-electron chi connectivity index (χ2n) is 3.67. The van der Waals surface area contributed by atoms with E-state index in [0.717, 1.165) is 0 Å². The number of carboxylic acids is 2. The summed E-state index contributed by atoms with van der Waals surface area (Å²) in [6.07, 6.45) is 0.646. The summed E-state index contributed by atoms with van der Waals surface area (Å²) in [5.41, 5.74) is 0. The number of aldehydes is 1. The third-order valence-corrected chi connectivity index (χ3v) is 2.12. The molecule has 8 heteroatoms. The van der Waals surface area contributed by atoms with Crippen LogP contribution in [0.2, 0.25) is 0 Å². The molecular formula is C12H24N2O6. The first kappa shape index (κ1) is 23.3. The monoisotopic (exact) mass is 292 g/mol. The number of carbonyl (C=O) groups is 4. The van der Waals surface area contributed by atoms with Crippen LogP contribution in [0.1, 0.15) is 27.2 Å². The molecule has 8 nitrogen and oxygen atoms in total. The second kappa shape index (κ2) is 13.6. The van der Waals surface area contributed by atoms with Crippen LogP contribution in [0.15, 0.2) is 0 Å². The van der Waals surface area contributed by atoms with Gasteiger partial charge in [-0.15, -0.1) is 0 Å². The van der Waals surface area contributed by atoms with E-state index in [9.17, 15) is 19.2 Å². The Morgan fingerprint density at radius 3 is 1.55 bits per heavy atom. The fourth-order valence-corrected chi connectivity index (χ4v) is 1.04. The largest absolute Gasteiger partial charge is 0.480 e. The molecule has 0 saturated carbocycles. The molecule has 0 aromatic rings. The number of carboxylic acid groups (broad SMARTS) is 2. The molecule has 0 bridgehead atoms. The first-order chi connectivity index (χ1) is 8.79. The zero-order valence-corrected chi connectivity index (χ0v) is 11.2. The average molecular weight is 292 g/mol. The molecule has 0 aliphatic heterocycles. The van der Waals surface area contributed by atoms with Gasteiger partial charge in [-0.1, -0.05) is 7.43 Å². The highest BCUT2D eigenvalue weighted by molar-refractivity contribution is 5.84. The van der Waals surface area contributed by atoms with Gasteiger partial charge in [-0.2, -0.15) is 0 Å². The first-order valence-corrected chi connectivity index (χ1v) is 5.53. The van der Waals surface area contributed by atoms with Crippen molar-refractivity contribution in [3.8, 4) is 0 Å². The van der Waals surface area contributed by atoms with Gasteiger partial charge in [-0.3, -0.25) is 14.4 Å². The van der Waals surface area contributed by atoms with Gasteiger partial charge in [-0.05, 0) is 21.0 Å². The number of rotatable bonds is 8. The number of carbonyl (C=O) groups excluding carboxylic acids is 2. The Kier molecular flexibility index (Phi) is 15.9. The van der Waals surface area contributed by atoms with E-state index in [4.69, 9.17) is 10.2 Å². The Balaban J connectivity index is -0.000000277. The highest BCUT2D eigenvalue weighted by atomic mass is 16.4. The summed E-state index contributed by atoms with van der Waals surface area (Å²) in [6, 6.07) is -1.47. The molecule has 0 aliphatic rings. The molecule has 0 saturated heterocycles. The van der Waals surface area contributed by atoms with Gasteiger partial charge in [0.05, 0.1) is 0 Å². The molecule has 2 atom stereocenters. The van der Waals surface area contributed by atoms with E-state index in [2.05, 4.69) is 10.6 Å². The van der Waals surface area contributed by atoms with Crippen LogP contribution in [-0.2, 0) is 19.2 Å². The Labute approximate surface area is 118 Å².